The molecule has 0 aliphatic heterocycles. The zero-order chi connectivity index (χ0) is 30.7. The number of amides is 2. The van der Waals surface area contributed by atoms with Gasteiger partial charge in [0.1, 0.15) is 0 Å². The lowest BCUT2D eigenvalue weighted by Gasteiger charge is -1.99. The van der Waals surface area contributed by atoms with Gasteiger partial charge in [0.25, 0.3) is 11.8 Å². The zero-order valence-corrected chi connectivity index (χ0v) is 25.4. The minimum Gasteiger partial charge on any atom is -0.269 e. The van der Waals surface area contributed by atoms with E-state index in [9.17, 15) is 9.59 Å². The summed E-state index contributed by atoms with van der Waals surface area (Å²) in [7, 11) is 0. The van der Waals surface area contributed by atoms with E-state index in [2.05, 4.69) is 56.2 Å². The topological polar surface area (TPSA) is 101 Å². The van der Waals surface area contributed by atoms with E-state index in [-0.39, 0.29) is 24.9 Å². The average Bonchev–Trinajstić information content (AvgIpc) is 3.57. The van der Waals surface area contributed by atoms with E-state index in [1.54, 1.807) is 12.4 Å². The lowest BCUT2D eigenvalue weighted by Crippen LogP contribution is -2.40. The van der Waals surface area contributed by atoms with Crippen LogP contribution in [0, 0.1) is 0 Å². The van der Waals surface area contributed by atoms with Gasteiger partial charge in [-0.3, -0.25) is 9.59 Å². The van der Waals surface area contributed by atoms with E-state index in [0.717, 1.165) is 72.0 Å². The van der Waals surface area contributed by atoms with Gasteiger partial charge >= 0.3 is 0 Å². The number of carbonyl (C=O) groups is 2. The van der Waals surface area contributed by atoms with Gasteiger partial charge in [0.05, 0.1) is 25.5 Å². The van der Waals surface area contributed by atoms with Crippen LogP contribution in [0.3, 0.4) is 0 Å². The second kappa shape index (κ2) is 14.9. The Kier molecular flexibility index (Phi) is 10.2. The number of nitrogens with zero attached hydrogens (tertiary/aromatic N) is 6. The fourth-order valence-corrected chi connectivity index (χ4v) is 5.16. The molecule has 3 aromatic carbocycles. The van der Waals surface area contributed by atoms with Gasteiger partial charge in [-0.1, -0.05) is 75.2 Å². The second-order valence-electron chi connectivity index (χ2n) is 10.8. The van der Waals surface area contributed by atoms with Crippen molar-refractivity contribution in [1.82, 2.24) is 20.0 Å². The molecule has 0 saturated carbocycles. The third kappa shape index (κ3) is 7.63. The number of benzene rings is 3. The molecule has 226 valence electrons. The molecule has 0 saturated heterocycles. The number of aryl methyl sites for hydroxylation is 2. The van der Waals surface area contributed by atoms with Gasteiger partial charge in [-0.25, -0.2) is 29.1 Å². The Morgan fingerprint density at radius 1 is 0.659 bits per heavy atom. The lowest BCUT2D eigenvalue weighted by atomic mass is 10.2. The molecule has 0 unspecified atom stereocenters. The highest BCUT2D eigenvalue weighted by molar-refractivity contribution is 5.86. The van der Waals surface area contributed by atoms with E-state index < -0.39 is 0 Å². The van der Waals surface area contributed by atoms with Crippen molar-refractivity contribution in [2.24, 2.45) is 10.2 Å². The standard InChI is InChI=1S/C34H38N8O2/c1-3-5-19-39-25-41(31-13-9-7-11-29(31)39)23-33(43)37-35-21-27-15-17-28(18-16-27)22-36-38-34(44)24-42-26-40(20-6-4-2)30-12-8-10-14-32(30)42/h7-18,21-22,25-26H,3-6,19-20,23-24H2,1-2H3/p+2. The number of fused-ring (bicyclic) bond motifs is 2. The lowest BCUT2D eigenvalue weighted by molar-refractivity contribution is -0.659. The predicted octanol–water partition coefficient (Wildman–Crippen LogP) is 4.07. The first kappa shape index (κ1) is 30.3. The molecule has 10 nitrogen and oxygen atoms in total. The van der Waals surface area contributed by atoms with Crippen LogP contribution >= 0.6 is 0 Å². The van der Waals surface area contributed by atoms with Crippen LogP contribution in [-0.4, -0.2) is 33.4 Å². The summed E-state index contributed by atoms with van der Waals surface area (Å²) < 4.78 is 8.29. The molecule has 5 rings (SSSR count). The van der Waals surface area contributed by atoms with Crippen LogP contribution < -0.4 is 20.0 Å². The molecule has 2 amide bonds. The summed E-state index contributed by atoms with van der Waals surface area (Å²) in [5, 5.41) is 8.26. The molecule has 0 aliphatic rings. The van der Waals surface area contributed by atoms with Crippen LogP contribution in [0.4, 0.5) is 0 Å². The molecule has 0 aliphatic carbocycles. The Bertz CT molecular complexity index is 1650. The number of hydrogen-bond acceptors (Lipinski definition) is 4. The quantitative estimate of drug-likeness (QED) is 0.115. The van der Waals surface area contributed by atoms with Crippen molar-refractivity contribution in [3.05, 3.63) is 96.6 Å². The number of rotatable bonds is 14. The van der Waals surface area contributed by atoms with Crippen LogP contribution in [0.1, 0.15) is 50.7 Å². The molecule has 2 N–H and O–H groups in total. The zero-order valence-electron chi connectivity index (χ0n) is 25.4. The van der Waals surface area contributed by atoms with E-state index in [1.165, 1.54) is 0 Å². The summed E-state index contributed by atoms with van der Waals surface area (Å²) in [5.74, 6) is -0.402. The first-order valence-electron chi connectivity index (χ1n) is 15.2. The summed E-state index contributed by atoms with van der Waals surface area (Å²) in [6, 6.07) is 23.7. The highest BCUT2D eigenvalue weighted by Crippen LogP contribution is 2.13. The maximum Gasteiger partial charge on any atom is 0.282 e. The van der Waals surface area contributed by atoms with Gasteiger partial charge < -0.3 is 0 Å². The first-order valence-corrected chi connectivity index (χ1v) is 15.2. The minimum atomic E-state index is -0.201. The van der Waals surface area contributed by atoms with Crippen molar-refractivity contribution < 1.29 is 18.7 Å². The molecule has 5 aromatic rings. The average molecular weight is 593 g/mol. The van der Waals surface area contributed by atoms with Crippen molar-refractivity contribution in [3.8, 4) is 0 Å². The SMILES string of the molecule is CCCCn1c[n+](CC(=O)NN=Cc2ccc(C=NNC(=O)C[n+]3cn(CCCC)c4ccccc43)cc2)c2ccccc21. The molecule has 0 radical (unpaired) electrons. The summed E-state index contributed by atoms with van der Waals surface area (Å²) in [5.41, 5.74) is 11.2. The second-order valence-corrected chi connectivity index (χ2v) is 10.8. The van der Waals surface area contributed by atoms with Crippen LogP contribution in [0.25, 0.3) is 22.1 Å². The number of imidazole rings is 2. The van der Waals surface area contributed by atoms with Crippen LogP contribution in [-0.2, 0) is 35.8 Å². The summed E-state index contributed by atoms with van der Waals surface area (Å²) in [6.07, 6.45) is 11.6. The number of nitrogens with one attached hydrogen (secondary N) is 2. The maximum absolute atomic E-state index is 12.6. The van der Waals surface area contributed by atoms with Crippen molar-refractivity contribution in [2.75, 3.05) is 0 Å². The largest absolute Gasteiger partial charge is 0.282 e. The fourth-order valence-electron chi connectivity index (χ4n) is 5.16. The number of para-hydroxylation sites is 4. The molecule has 0 atom stereocenters. The Labute approximate surface area is 257 Å². The molecule has 0 fully saturated rings. The van der Waals surface area contributed by atoms with Gasteiger partial charge in [-0.15, -0.1) is 0 Å². The van der Waals surface area contributed by atoms with Crippen LogP contribution in [0.5, 0.6) is 0 Å². The molecule has 10 heteroatoms. The monoisotopic (exact) mass is 592 g/mol. The smallest absolute Gasteiger partial charge is 0.269 e. The van der Waals surface area contributed by atoms with Crippen molar-refractivity contribution >= 4 is 46.3 Å². The Morgan fingerprint density at radius 3 is 1.48 bits per heavy atom. The number of hydrazone groups is 2. The van der Waals surface area contributed by atoms with E-state index >= 15 is 0 Å². The predicted molar refractivity (Wildman–Crippen MR) is 172 cm³/mol. The first-order chi connectivity index (χ1) is 21.6. The molecule has 0 spiro atoms. The molecular formula is C34H40N8O2+2. The van der Waals surface area contributed by atoms with E-state index in [1.807, 2.05) is 82.5 Å². The third-order valence-corrected chi connectivity index (χ3v) is 7.43. The maximum atomic E-state index is 12.6. The van der Waals surface area contributed by atoms with Crippen molar-refractivity contribution in [3.63, 3.8) is 0 Å². The van der Waals surface area contributed by atoms with Crippen LogP contribution in [0.15, 0.2) is 95.7 Å². The van der Waals surface area contributed by atoms with Gasteiger partial charge in [-0.2, -0.15) is 10.2 Å². The van der Waals surface area contributed by atoms with Crippen molar-refractivity contribution in [2.45, 2.75) is 65.7 Å². The molecule has 0 bridgehead atoms. The van der Waals surface area contributed by atoms with E-state index in [0.29, 0.717) is 0 Å². The summed E-state index contributed by atoms with van der Waals surface area (Å²) >= 11 is 0. The Hall–Kier alpha value is -5.12. The van der Waals surface area contributed by atoms with Crippen molar-refractivity contribution in [1.29, 1.82) is 0 Å². The molecule has 44 heavy (non-hydrogen) atoms. The van der Waals surface area contributed by atoms with Crippen LogP contribution in [0.2, 0.25) is 0 Å². The van der Waals surface area contributed by atoms with E-state index in [4.69, 9.17) is 0 Å². The number of carbonyl (C=O) groups excluding carboxylic acids is 2. The van der Waals surface area contributed by atoms with Gasteiger partial charge in [0, 0.05) is 0 Å². The molecular weight excluding hydrogens is 552 g/mol. The van der Waals surface area contributed by atoms with Gasteiger partial charge in [-0.05, 0) is 48.2 Å². The Balaban J connectivity index is 1.11. The summed E-state index contributed by atoms with van der Waals surface area (Å²) in [6.45, 7) is 6.53. The highest BCUT2D eigenvalue weighted by atomic mass is 16.2. The number of aromatic nitrogens is 4. The number of unbranched alkanes of at least 4 members (excludes halogenated alkanes) is 2. The third-order valence-electron chi connectivity index (χ3n) is 7.43. The number of hydrogen-bond donors (Lipinski definition) is 2. The van der Waals surface area contributed by atoms with Gasteiger partial charge in [0.2, 0.25) is 12.7 Å². The Morgan fingerprint density at radius 2 is 1.07 bits per heavy atom. The van der Waals surface area contributed by atoms with Gasteiger partial charge in [0.15, 0.2) is 35.2 Å². The highest BCUT2D eigenvalue weighted by Gasteiger charge is 2.18. The fraction of sp³-hybridized carbons (Fsp3) is 0.294. The summed E-state index contributed by atoms with van der Waals surface area (Å²) in [4.78, 5) is 25.2. The normalized spacial score (nSPS) is 11.7. The molecule has 2 heterocycles. The minimum absolute atomic E-state index is 0.178. The molecule has 2 aromatic heterocycles.